The highest BCUT2D eigenvalue weighted by Gasteiger charge is 2.44. The van der Waals surface area contributed by atoms with Gasteiger partial charge in [0.1, 0.15) is 23.3 Å². The van der Waals surface area contributed by atoms with Gasteiger partial charge >= 0.3 is 0 Å². The molecule has 1 saturated carbocycles. The third-order valence-corrected chi connectivity index (χ3v) is 9.02. The SMILES string of the molecule is Nc1nc(Cl)nc2c1c(-c1nn(Cc3ccccc3)cc1Cl)cn2[C@@H]1C[C@H](c2cccc(CN3CCC3)c2)[C@@H](O)[C@H]1O. The van der Waals surface area contributed by atoms with Crippen LogP contribution in [-0.2, 0) is 13.1 Å². The second-order valence-corrected chi connectivity index (χ2v) is 12.0. The Kier molecular flexibility index (Phi) is 7.16. The molecule has 5 aromatic rings. The minimum atomic E-state index is -1.04. The van der Waals surface area contributed by atoms with Crippen molar-refractivity contribution in [1.82, 2.24) is 29.2 Å². The fraction of sp³-hybridized carbons (Fsp3) is 0.323. The first-order valence-electron chi connectivity index (χ1n) is 14.1. The van der Waals surface area contributed by atoms with E-state index in [9.17, 15) is 10.2 Å². The average molecular weight is 605 g/mol. The zero-order valence-corrected chi connectivity index (χ0v) is 24.3. The van der Waals surface area contributed by atoms with E-state index in [2.05, 4.69) is 27.0 Å². The molecule has 3 aromatic heterocycles. The van der Waals surface area contributed by atoms with Crippen LogP contribution < -0.4 is 5.73 Å². The summed E-state index contributed by atoms with van der Waals surface area (Å²) < 4.78 is 3.62. The number of fused-ring (bicyclic) bond motifs is 1. The van der Waals surface area contributed by atoms with E-state index in [1.54, 1.807) is 10.9 Å². The number of rotatable bonds is 7. The Hall–Kier alpha value is -3.47. The van der Waals surface area contributed by atoms with Crippen molar-refractivity contribution in [2.75, 3.05) is 18.8 Å². The van der Waals surface area contributed by atoms with Gasteiger partial charge in [-0.05, 0) is 54.2 Å². The van der Waals surface area contributed by atoms with Gasteiger partial charge in [0, 0.05) is 30.4 Å². The quantitative estimate of drug-likeness (QED) is 0.227. The molecule has 1 saturated heterocycles. The Morgan fingerprint density at radius 2 is 1.69 bits per heavy atom. The Bertz CT molecular complexity index is 1750. The van der Waals surface area contributed by atoms with Gasteiger partial charge in [0.2, 0.25) is 5.28 Å². The standard InChI is InChI=1S/C31H31Cl2N7O2/c32-23-17-39(15-18-6-2-1-3-7-18)37-26(23)22-16-40(30-25(22)29(34)35-31(33)36-30)24-13-21(27(41)28(24)42)20-9-4-8-19(12-20)14-38-10-5-11-38/h1-4,6-9,12,16-17,21,24,27-28,41-42H,5,10-11,13-15H2,(H2,34,35,36)/t21-,24-,27-,28+/m1/s1. The Morgan fingerprint density at radius 1 is 0.905 bits per heavy atom. The number of nitrogens with two attached hydrogens (primary N) is 1. The summed E-state index contributed by atoms with van der Waals surface area (Å²) in [7, 11) is 0. The Balaban J connectivity index is 1.25. The molecule has 2 aromatic carbocycles. The molecule has 11 heteroatoms. The Labute approximate surface area is 253 Å². The lowest BCUT2D eigenvalue weighted by Crippen LogP contribution is -2.36. The number of nitrogens with zero attached hydrogens (tertiary/aromatic N) is 6. The van der Waals surface area contributed by atoms with Gasteiger partial charge < -0.3 is 20.5 Å². The van der Waals surface area contributed by atoms with E-state index in [0.717, 1.165) is 30.8 Å². The number of anilines is 1. The average Bonchev–Trinajstić information content (AvgIpc) is 3.60. The molecular weight excluding hydrogens is 573 g/mol. The first kappa shape index (κ1) is 27.4. The molecule has 0 bridgehead atoms. The number of nitrogen functional groups attached to an aromatic ring is 1. The van der Waals surface area contributed by atoms with E-state index < -0.39 is 18.2 Å². The van der Waals surface area contributed by atoms with Crippen LogP contribution in [-0.4, -0.2) is 64.7 Å². The number of hydrogen-bond donors (Lipinski definition) is 3. The van der Waals surface area contributed by atoms with Gasteiger partial charge in [-0.1, -0.05) is 66.2 Å². The van der Waals surface area contributed by atoms with E-state index in [-0.39, 0.29) is 17.0 Å². The molecule has 42 heavy (non-hydrogen) atoms. The van der Waals surface area contributed by atoms with Gasteiger partial charge in [-0.2, -0.15) is 10.1 Å². The van der Waals surface area contributed by atoms with Crippen molar-refractivity contribution < 1.29 is 10.2 Å². The summed E-state index contributed by atoms with van der Waals surface area (Å²) in [5.74, 6) is -0.0683. The van der Waals surface area contributed by atoms with Gasteiger partial charge in [0.15, 0.2) is 0 Å². The molecule has 2 aliphatic rings. The highest BCUT2D eigenvalue weighted by atomic mass is 35.5. The highest BCUT2D eigenvalue weighted by Crippen LogP contribution is 2.45. The maximum Gasteiger partial charge on any atom is 0.226 e. The number of halogens is 2. The van der Waals surface area contributed by atoms with Crippen molar-refractivity contribution in [2.24, 2.45) is 0 Å². The molecule has 7 rings (SSSR count). The van der Waals surface area contributed by atoms with Crippen LogP contribution in [0.4, 0.5) is 5.82 Å². The van der Waals surface area contributed by atoms with Crippen molar-refractivity contribution in [3.8, 4) is 11.3 Å². The van der Waals surface area contributed by atoms with Crippen LogP contribution in [0.5, 0.6) is 0 Å². The predicted octanol–water partition coefficient (Wildman–Crippen LogP) is 4.89. The minimum Gasteiger partial charge on any atom is -0.390 e. The molecule has 0 radical (unpaired) electrons. The summed E-state index contributed by atoms with van der Waals surface area (Å²) in [6.07, 6.45) is 3.35. The molecule has 4 heterocycles. The van der Waals surface area contributed by atoms with Crippen LogP contribution in [0.1, 0.15) is 41.5 Å². The maximum atomic E-state index is 11.4. The topological polar surface area (TPSA) is 118 Å². The molecule has 2 fully saturated rings. The number of aliphatic hydroxyl groups is 2. The highest BCUT2D eigenvalue weighted by molar-refractivity contribution is 6.33. The van der Waals surface area contributed by atoms with Crippen LogP contribution in [0.2, 0.25) is 10.3 Å². The molecule has 0 spiro atoms. The summed E-state index contributed by atoms with van der Waals surface area (Å²) >= 11 is 13.0. The lowest BCUT2D eigenvalue weighted by molar-refractivity contribution is 0.0179. The molecule has 9 nitrogen and oxygen atoms in total. The van der Waals surface area contributed by atoms with Gasteiger partial charge in [0.05, 0.1) is 29.1 Å². The minimum absolute atomic E-state index is 0.00474. The molecule has 4 N–H and O–H groups in total. The first-order chi connectivity index (χ1) is 20.4. The second kappa shape index (κ2) is 11.0. The van der Waals surface area contributed by atoms with Gasteiger partial charge in [0.25, 0.3) is 0 Å². The van der Waals surface area contributed by atoms with Crippen molar-refractivity contribution >= 4 is 40.1 Å². The van der Waals surface area contributed by atoms with Gasteiger partial charge in [-0.15, -0.1) is 0 Å². The lowest BCUT2D eigenvalue weighted by atomic mass is 9.93. The molecule has 1 aliphatic heterocycles. The van der Waals surface area contributed by atoms with Crippen molar-refractivity contribution in [3.05, 3.63) is 94.0 Å². The van der Waals surface area contributed by atoms with Crippen molar-refractivity contribution in [3.63, 3.8) is 0 Å². The van der Waals surface area contributed by atoms with Crippen LogP contribution in [0.25, 0.3) is 22.3 Å². The molecular formula is C31H31Cl2N7O2. The zero-order chi connectivity index (χ0) is 29.0. The fourth-order valence-electron chi connectivity index (χ4n) is 6.35. The summed E-state index contributed by atoms with van der Waals surface area (Å²) in [6, 6.07) is 17.8. The molecule has 0 amide bonds. The summed E-state index contributed by atoms with van der Waals surface area (Å²) in [6.45, 7) is 3.66. The zero-order valence-electron chi connectivity index (χ0n) is 22.8. The lowest BCUT2D eigenvalue weighted by Gasteiger charge is -2.31. The van der Waals surface area contributed by atoms with Crippen LogP contribution in [0.3, 0.4) is 0 Å². The summed E-state index contributed by atoms with van der Waals surface area (Å²) in [4.78, 5) is 11.1. The molecule has 4 atom stereocenters. The Morgan fingerprint density at radius 3 is 2.45 bits per heavy atom. The normalized spacial score (nSPS) is 22.6. The van der Waals surface area contributed by atoms with E-state index >= 15 is 0 Å². The fourth-order valence-corrected chi connectivity index (χ4v) is 6.77. The smallest absolute Gasteiger partial charge is 0.226 e. The third kappa shape index (κ3) is 4.95. The van der Waals surface area contributed by atoms with Gasteiger partial charge in [-0.25, -0.2) is 4.98 Å². The molecule has 0 unspecified atom stereocenters. The monoisotopic (exact) mass is 603 g/mol. The molecule has 216 valence electrons. The predicted molar refractivity (Wildman–Crippen MR) is 163 cm³/mol. The number of aromatic nitrogens is 5. The van der Waals surface area contributed by atoms with Crippen molar-refractivity contribution in [1.29, 1.82) is 0 Å². The third-order valence-electron chi connectivity index (χ3n) is 8.58. The number of hydrogen-bond acceptors (Lipinski definition) is 7. The van der Waals surface area contributed by atoms with E-state index in [1.165, 1.54) is 12.0 Å². The van der Waals surface area contributed by atoms with E-state index in [0.29, 0.717) is 40.3 Å². The summed E-state index contributed by atoms with van der Waals surface area (Å²) in [5.41, 5.74) is 11.3. The maximum absolute atomic E-state index is 11.4. The van der Waals surface area contributed by atoms with Crippen molar-refractivity contribution in [2.45, 2.75) is 50.1 Å². The second-order valence-electron chi connectivity index (χ2n) is 11.3. The number of aliphatic hydroxyl groups excluding tert-OH is 2. The van der Waals surface area contributed by atoms with E-state index in [4.69, 9.17) is 34.0 Å². The number of benzene rings is 2. The van der Waals surface area contributed by atoms with Gasteiger partial charge in [-0.3, -0.25) is 9.58 Å². The van der Waals surface area contributed by atoms with Crippen LogP contribution >= 0.6 is 23.2 Å². The van der Waals surface area contributed by atoms with Crippen LogP contribution in [0, 0.1) is 0 Å². The number of likely N-dealkylation sites (tertiary alicyclic amines) is 1. The summed E-state index contributed by atoms with van der Waals surface area (Å²) in [5, 5.41) is 28.4. The van der Waals surface area contributed by atoms with E-state index in [1.807, 2.05) is 53.2 Å². The first-order valence-corrected chi connectivity index (χ1v) is 14.9. The van der Waals surface area contributed by atoms with Crippen LogP contribution in [0.15, 0.2) is 67.0 Å². The molecule has 1 aliphatic carbocycles. The largest absolute Gasteiger partial charge is 0.390 e.